The van der Waals surface area contributed by atoms with E-state index in [0.717, 1.165) is 55.2 Å². The van der Waals surface area contributed by atoms with Crippen molar-refractivity contribution in [2.45, 2.75) is 19.6 Å². The number of rotatable bonds is 8. The monoisotopic (exact) mass is 391 g/mol. The number of ether oxygens (including phenoxy) is 1. The predicted molar refractivity (Wildman–Crippen MR) is 113 cm³/mol. The van der Waals surface area contributed by atoms with Crippen LogP contribution in [0.25, 0.3) is 0 Å². The summed E-state index contributed by atoms with van der Waals surface area (Å²) in [5, 5.41) is 3.58. The number of benzene rings is 2. The largest absolute Gasteiger partial charge is 0.489 e. The van der Waals surface area contributed by atoms with Gasteiger partial charge in [-0.25, -0.2) is 4.39 Å². The standard InChI is InChI=1S/C24H26FN3O/c25-22-7-9-23(10-8-22)28-13-11-19(17-28)14-27-16-21-5-1-2-6-24(21)29-18-20-4-3-12-26-15-20/h1-10,12,15,19,27H,11,13-14,16-18H2. The highest BCUT2D eigenvalue weighted by Crippen LogP contribution is 2.24. The molecule has 1 atom stereocenters. The Morgan fingerprint density at radius 2 is 1.93 bits per heavy atom. The van der Waals surface area contributed by atoms with Crippen molar-refractivity contribution in [3.8, 4) is 5.75 Å². The molecule has 1 fully saturated rings. The first-order chi connectivity index (χ1) is 14.3. The number of anilines is 1. The Morgan fingerprint density at radius 1 is 1.07 bits per heavy atom. The fourth-order valence-corrected chi connectivity index (χ4v) is 3.73. The van der Waals surface area contributed by atoms with Crippen molar-refractivity contribution in [2.24, 2.45) is 5.92 Å². The van der Waals surface area contributed by atoms with E-state index in [1.807, 2.05) is 48.7 Å². The second-order valence-electron chi connectivity index (χ2n) is 7.47. The normalized spacial score (nSPS) is 16.2. The Kier molecular flexibility index (Phi) is 6.37. The number of pyridine rings is 1. The molecule has 29 heavy (non-hydrogen) atoms. The lowest BCUT2D eigenvalue weighted by molar-refractivity contribution is 0.301. The zero-order valence-corrected chi connectivity index (χ0v) is 16.4. The molecular weight excluding hydrogens is 365 g/mol. The van der Waals surface area contributed by atoms with Crippen LogP contribution in [0.2, 0.25) is 0 Å². The highest BCUT2D eigenvalue weighted by molar-refractivity contribution is 5.47. The van der Waals surface area contributed by atoms with Gasteiger partial charge < -0.3 is 15.0 Å². The van der Waals surface area contributed by atoms with Crippen molar-refractivity contribution >= 4 is 5.69 Å². The van der Waals surface area contributed by atoms with Gasteiger partial charge in [-0.1, -0.05) is 24.3 Å². The Bertz CT molecular complexity index is 902. The summed E-state index contributed by atoms with van der Waals surface area (Å²) in [6, 6.07) is 18.9. The second kappa shape index (κ2) is 9.52. The first-order valence-electron chi connectivity index (χ1n) is 10.1. The highest BCUT2D eigenvalue weighted by atomic mass is 19.1. The van der Waals surface area contributed by atoms with Gasteiger partial charge >= 0.3 is 0 Å². The Balaban J connectivity index is 1.26. The summed E-state index contributed by atoms with van der Waals surface area (Å²) in [4.78, 5) is 6.46. The minimum Gasteiger partial charge on any atom is -0.489 e. The summed E-state index contributed by atoms with van der Waals surface area (Å²) >= 11 is 0. The lowest BCUT2D eigenvalue weighted by Crippen LogP contribution is -2.26. The number of nitrogens with one attached hydrogen (secondary N) is 1. The highest BCUT2D eigenvalue weighted by Gasteiger charge is 2.22. The Morgan fingerprint density at radius 3 is 2.76 bits per heavy atom. The zero-order chi connectivity index (χ0) is 19.9. The fourth-order valence-electron chi connectivity index (χ4n) is 3.73. The maximum absolute atomic E-state index is 13.1. The van der Waals surface area contributed by atoms with Gasteiger partial charge in [-0.15, -0.1) is 0 Å². The molecule has 2 heterocycles. The molecule has 1 N–H and O–H groups in total. The third-order valence-corrected chi connectivity index (χ3v) is 5.32. The Labute approximate surface area is 171 Å². The minimum absolute atomic E-state index is 0.185. The quantitative estimate of drug-likeness (QED) is 0.617. The van der Waals surface area contributed by atoms with Crippen LogP contribution in [0.1, 0.15) is 17.5 Å². The molecule has 0 radical (unpaired) electrons. The number of halogens is 1. The van der Waals surface area contributed by atoms with E-state index in [1.165, 1.54) is 12.1 Å². The second-order valence-corrected chi connectivity index (χ2v) is 7.47. The molecule has 1 saturated heterocycles. The van der Waals surface area contributed by atoms with Gasteiger partial charge in [-0.3, -0.25) is 4.98 Å². The van der Waals surface area contributed by atoms with Gasteiger partial charge in [-0.05, 0) is 48.7 Å². The van der Waals surface area contributed by atoms with Gasteiger partial charge in [0.1, 0.15) is 18.2 Å². The molecule has 1 aliphatic rings. The molecular formula is C24H26FN3O. The van der Waals surface area contributed by atoms with Gasteiger partial charge in [0.05, 0.1) is 0 Å². The zero-order valence-electron chi connectivity index (χ0n) is 16.4. The van der Waals surface area contributed by atoms with Crippen molar-refractivity contribution in [3.63, 3.8) is 0 Å². The summed E-state index contributed by atoms with van der Waals surface area (Å²) in [5.74, 6) is 1.31. The molecule has 150 valence electrons. The van der Waals surface area contributed by atoms with Crippen LogP contribution in [0.3, 0.4) is 0 Å². The average molecular weight is 391 g/mol. The van der Waals surface area contributed by atoms with Crippen molar-refractivity contribution in [3.05, 3.63) is 90.0 Å². The van der Waals surface area contributed by atoms with Crippen molar-refractivity contribution in [1.82, 2.24) is 10.3 Å². The van der Waals surface area contributed by atoms with E-state index in [2.05, 4.69) is 21.3 Å². The average Bonchev–Trinajstić information content (AvgIpc) is 3.23. The SMILES string of the molecule is Fc1ccc(N2CCC(CNCc3ccccc3OCc3cccnc3)C2)cc1. The van der Waals surface area contributed by atoms with Gasteiger partial charge in [0, 0.05) is 55.4 Å². The molecule has 2 aromatic carbocycles. The first-order valence-corrected chi connectivity index (χ1v) is 10.1. The van der Waals surface area contributed by atoms with E-state index in [9.17, 15) is 4.39 Å². The van der Waals surface area contributed by atoms with Gasteiger partial charge in [0.2, 0.25) is 0 Å². The van der Waals surface area contributed by atoms with Crippen molar-refractivity contribution in [2.75, 3.05) is 24.5 Å². The van der Waals surface area contributed by atoms with Crippen LogP contribution in [-0.4, -0.2) is 24.6 Å². The van der Waals surface area contributed by atoms with Crippen LogP contribution in [0, 0.1) is 11.7 Å². The third kappa shape index (κ3) is 5.33. The fraction of sp³-hybridized carbons (Fsp3) is 0.292. The number of para-hydroxylation sites is 1. The van der Waals surface area contributed by atoms with Crippen molar-refractivity contribution < 1.29 is 9.13 Å². The number of hydrogen-bond acceptors (Lipinski definition) is 4. The summed E-state index contributed by atoms with van der Waals surface area (Å²) in [7, 11) is 0. The van der Waals surface area contributed by atoms with Crippen LogP contribution >= 0.6 is 0 Å². The van der Waals surface area contributed by atoms with E-state index in [-0.39, 0.29) is 5.82 Å². The summed E-state index contributed by atoms with van der Waals surface area (Å²) < 4.78 is 19.1. The lowest BCUT2D eigenvalue weighted by atomic mass is 10.1. The third-order valence-electron chi connectivity index (χ3n) is 5.32. The number of hydrogen-bond donors (Lipinski definition) is 1. The summed E-state index contributed by atoms with van der Waals surface area (Å²) in [5.41, 5.74) is 3.31. The summed E-state index contributed by atoms with van der Waals surface area (Å²) in [6.45, 7) is 4.26. The molecule has 5 heteroatoms. The molecule has 0 spiro atoms. The number of aromatic nitrogens is 1. The van der Waals surface area contributed by atoms with Crippen LogP contribution in [0.15, 0.2) is 73.1 Å². The van der Waals surface area contributed by atoms with E-state index < -0.39 is 0 Å². The van der Waals surface area contributed by atoms with Crippen molar-refractivity contribution in [1.29, 1.82) is 0 Å². The molecule has 1 unspecified atom stereocenters. The molecule has 0 bridgehead atoms. The number of nitrogens with zero attached hydrogens (tertiary/aromatic N) is 2. The lowest BCUT2D eigenvalue weighted by Gasteiger charge is -2.19. The molecule has 0 saturated carbocycles. The molecule has 1 aliphatic heterocycles. The van der Waals surface area contributed by atoms with Gasteiger partial charge in [0.15, 0.2) is 0 Å². The van der Waals surface area contributed by atoms with Crippen LogP contribution in [-0.2, 0) is 13.2 Å². The molecule has 4 rings (SSSR count). The molecule has 0 amide bonds. The van der Waals surface area contributed by atoms with Crippen LogP contribution < -0.4 is 15.0 Å². The summed E-state index contributed by atoms with van der Waals surface area (Å²) in [6.07, 6.45) is 4.74. The molecule has 4 nitrogen and oxygen atoms in total. The maximum atomic E-state index is 13.1. The van der Waals surface area contributed by atoms with Gasteiger partial charge in [-0.2, -0.15) is 0 Å². The van der Waals surface area contributed by atoms with E-state index >= 15 is 0 Å². The topological polar surface area (TPSA) is 37.4 Å². The smallest absolute Gasteiger partial charge is 0.124 e. The van der Waals surface area contributed by atoms with Crippen LogP contribution in [0.4, 0.5) is 10.1 Å². The Hall–Kier alpha value is -2.92. The molecule has 0 aliphatic carbocycles. The van der Waals surface area contributed by atoms with E-state index in [0.29, 0.717) is 12.5 Å². The minimum atomic E-state index is -0.185. The van der Waals surface area contributed by atoms with Crippen LogP contribution in [0.5, 0.6) is 5.75 Å². The molecule has 3 aromatic rings. The predicted octanol–water partition coefficient (Wildman–Crippen LogP) is 4.42. The van der Waals surface area contributed by atoms with Gasteiger partial charge in [0.25, 0.3) is 0 Å². The maximum Gasteiger partial charge on any atom is 0.124 e. The van der Waals surface area contributed by atoms with E-state index in [4.69, 9.17) is 4.74 Å². The first kappa shape index (κ1) is 19.4. The molecule has 1 aromatic heterocycles. The van der Waals surface area contributed by atoms with E-state index in [1.54, 1.807) is 6.20 Å².